The van der Waals surface area contributed by atoms with Crippen molar-refractivity contribution in [3.63, 3.8) is 0 Å². The van der Waals surface area contributed by atoms with Crippen LogP contribution in [-0.2, 0) is 6.54 Å². The van der Waals surface area contributed by atoms with Gasteiger partial charge in [0.25, 0.3) is 0 Å². The summed E-state index contributed by atoms with van der Waals surface area (Å²) in [4.78, 5) is 2.22. The zero-order valence-electron chi connectivity index (χ0n) is 11.5. The Morgan fingerprint density at radius 3 is 2.53 bits per heavy atom. The van der Waals surface area contributed by atoms with Crippen LogP contribution in [0, 0.1) is 6.92 Å². The van der Waals surface area contributed by atoms with Crippen molar-refractivity contribution in [2.75, 3.05) is 14.1 Å². The van der Waals surface area contributed by atoms with E-state index in [0.29, 0.717) is 6.04 Å². The molecule has 92 valence electrons. The predicted octanol–water partition coefficient (Wildman–Crippen LogP) is 3.59. The molecule has 0 unspecified atom stereocenters. The van der Waals surface area contributed by atoms with Crippen molar-refractivity contribution in [1.82, 2.24) is 9.47 Å². The van der Waals surface area contributed by atoms with E-state index in [0.717, 1.165) is 6.54 Å². The van der Waals surface area contributed by atoms with E-state index < -0.39 is 0 Å². The fraction of sp³-hybridized carbons (Fsp3) is 0.467. The number of hydrogen-bond acceptors (Lipinski definition) is 1. The minimum absolute atomic E-state index is 0.503. The number of para-hydroxylation sites is 1. The van der Waals surface area contributed by atoms with Crippen molar-refractivity contribution in [3.8, 4) is 0 Å². The van der Waals surface area contributed by atoms with Crippen molar-refractivity contribution in [1.29, 1.82) is 0 Å². The first-order chi connectivity index (χ1) is 8.00. The minimum atomic E-state index is 0.503. The van der Waals surface area contributed by atoms with Crippen LogP contribution in [0.2, 0.25) is 0 Å². The van der Waals surface area contributed by atoms with Crippen LogP contribution in [0.15, 0.2) is 24.3 Å². The standard InChI is InChI=1S/C15H22N2/c1-11(2)17-14(10-16(4)5)9-13-8-6-7-12(3)15(13)17/h6-9,11H,10H2,1-5H3. The highest BCUT2D eigenvalue weighted by Crippen LogP contribution is 2.27. The molecular weight excluding hydrogens is 208 g/mol. The largest absolute Gasteiger partial charge is 0.341 e. The highest BCUT2D eigenvalue weighted by atomic mass is 15.1. The summed E-state index contributed by atoms with van der Waals surface area (Å²) in [6.07, 6.45) is 0. The molecule has 0 fully saturated rings. The minimum Gasteiger partial charge on any atom is -0.341 e. The maximum atomic E-state index is 2.46. The molecule has 0 aliphatic heterocycles. The molecule has 2 heteroatoms. The first-order valence-corrected chi connectivity index (χ1v) is 6.25. The topological polar surface area (TPSA) is 8.17 Å². The molecule has 0 bridgehead atoms. The van der Waals surface area contributed by atoms with E-state index in [4.69, 9.17) is 0 Å². The Balaban J connectivity index is 2.67. The van der Waals surface area contributed by atoms with E-state index >= 15 is 0 Å². The second kappa shape index (κ2) is 4.53. The van der Waals surface area contributed by atoms with Crippen molar-refractivity contribution in [2.24, 2.45) is 0 Å². The quantitative estimate of drug-likeness (QED) is 0.782. The normalized spacial score (nSPS) is 11.9. The summed E-state index contributed by atoms with van der Waals surface area (Å²) in [5.41, 5.74) is 4.15. The Labute approximate surface area is 104 Å². The lowest BCUT2D eigenvalue weighted by Crippen LogP contribution is -2.15. The lowest BCUT2D eigenvalue weighted by atomic mass is 10.1. The Morgan fingerprint density at radius 1 is 1.24 bits per heavy atom. The van der Waals surface area contributed by atoms with E-state index in [1.807, 2.05) is 0 Å². The van der Waals surface area contributed by atoms with Crippen LogP contribution in [0.4, 0.5) is 0 Å². The van der Waals surface area contributed by atoms with Gasteiger partial charge in [-0.1, -0.05) is 18.2 Å². The third kappa shape index (κ3) is 2.22. The molecule has 0 aliphatic carbocycles. The average Bonchev–Trinajstić information content (AvgIpc) is 2.56. The first-order valence-electron chi connectivity index (χ1n) is 6.25. The summed E-state index contributed by atoms with van der Waals surface area (Å²) < 4.78 is 2.46. The number of benzene rings is 1. The van der Waals surface area contributed by atoms with Crippen LogP contribution in [0.3, 0.4) is 0 Å². The van der Waals surface area contributed by atoms with Crippen molar-refractivity contribution >= 4 is 10.9 Å². The van der Waals surface area contributed by atoms with Gasteiger partial charge in [0.2, 0.25) is 0 Å². The molecule has 0 saturated carbocycles. The van der Waals surface area contributed by atoms with Crippen molar-refractivity contribution in [2.45, 2.75) is 33.4 Å². The molecule has 0 radical (unpaired) electrons. The third-order valence-electron chi connectivity index (χ3n) is 3.14. The zero-order chi connectivity index (χ0) is 12.6. The molecule has 0 aliphatic rings. The number of fused-ring (bicyclic) bond motifs is 1. The van der Waals surface area contributed by atoms with E-state index in [1.165, 1.54) is 22.2 Å². The van der Waals surface area contributed by atoms with Gasteiger partial charge in [-0.05, 0) is 46.5 Å². The lowest BCUT2D eigenvalue weighted by molar-refractivity contribution is 0.383. The Bertz CT molecular complexity index is 521. The van der Waals surface area contributed by atoms with Crippen molar-refractivity contribution in [3.05, 3.63) is 35.5 Å². The van der Waals surface area contributed by atoms with Crippen molar-refractivity contribution < 1.29 is 0 Å². The maximum absolute atomic E-state index is 2.46. The number of rotatable bonds is 3. The molecule has 1 aromatic carbocycles. The SMILES string of the molecule is Cc1cccc2cc(CN(C)C)n(C(C)C)c12. The van der Waals surface area contributed by atoms with Gasteiger partial charge in [-0.25, -0.2) is 0 Å². The predicted molar refractivity (Wildman–Crippen MR) is 74.5 cm³/mol. The van der Waals surface area contributed by atoms with E-state index in [-0.39, 0.29) is 0 Å². The Morgan fingerprint density at radius 2 is 1.94 bits per heavy atom. The summed E-state index contributed by atoms with van der Waals surface area (Å²) in [5, 5.41) is 1.36. The highest BCUT2D eigenvalue weighted by Gasteiger charge is 2.13. The van der Waals surface area contributed by atoms with Gasteiger partial charge in [-0.3, -0.25) is 0 Å². The molecule has 0 N–H and O–H groups in total. The fourth-order valence-electron chi connectivity index (χ4n) is 2.56. The van der Waals surface area contributed by atoms with Gasteiger partial charge in [0.1, 0.15) is 0 Å². The van der Waals surface area contributed by atoms with E-state index in [2.05, 4.69) is 68.6 Å². The molecule has 0 spiro atoms. The van der Waals surface area contributed by atoms with Crippen LogP contribution >= 0.6 is 0 Å². The Hall–Kier alpha value is -1.28. The summed E-state index contributed by atoms with van der Waals surface area (Å²) in [6.45, 7) is 7.70. The summed E-state index contributed by atoms with van der Waals surface area (Å²) in [6, 6.07) is 9.37. The monoisotopic (exact) mass is 230 g/mol. The van der Waals surface area contributed by atoms with Crippen LogP contribution in [0.1, 0.15) is 31.1 Å². The van der Waals surface area contributed by atoms with Gasteiger partial charge in [0.05, 0.1) is 5.52 Å². The molecule has 0 saturated heterocycles. The molecule has 2 aromatic rings. The molecule has 1 heterocycles. The van der Waals surface area contributed by atoms with E-state index in [1.54, 1.807) is 0 Å². The second-order valence-corrected chi connectivity index (χ2v) is 5.35. The summed E-state index contributed by atoms with van der Waals surface area (Å²) in [5.74, 6) is 0. The number of hydrogen-bond donors (Lipinski definition) is 0. The summed E-state index contributed by atoms with van der Waals surface area (Å²) in [7, 11) is 4.24. The summed E-state index contributed by atoms with van der Waals surface area (Å²) >= 11 is 0. The van der Waals surface area contributed by atoms with Gasteiger partial charge in [0.15, 0.2) is 0 Å². The first kappa shape index (κ1) is 12.2. The van der Waals surface area contributed by atoms with Gasteiger partial charge in [0, 0.05) is 23.7 Å². The fourth-order valence-corrected chi connectivity index (χ4v) is 2.56. The van der Waals surface area contributed by atoms with Crippen LogP contribution in [0.25, 0.3) is 10.9 Å². The third-order valence-corrected chi connectivity index (χ3v) is 3.14. The Kier molecular flexibility index (Phi) is 3.25. The lowest BCUT2D eigenvalue weighted by Gasteiger charge is -2.18. The second-order valence-electron chi connectivity index (χ2n) is 5.35. The molecule has 17 heavy (non-hydrogen) atoms. The number of nitrogens with zero attached hydrogens (tertiary/aromatic N) is 2. The van der Waals surface area contributed by atoms with Gasteiger partial charge >= 0.3 is 0 Å². The van der Waals surface area contributed by atoms with Gasteiger partial charge in [-0.15, -0.1) is 0 Å². The molecular formula is C15H22N2. The molecule has 2 nitrogen and oxygen atoms in total. The molecule has 0 atom stereocenters. The molecule has 1 aromatic heterocycles. The van der Waals surface area contributed by atoms with E-state index in [9.17, 15) is 0 Å². The van der Waals surface area contributed by atoms with Gasteiger partial charge < -0.3 is 9.47 Å². The smallest absolute Gasteiger partial charge is 0.0515 e. The number of aromatic nitrogens is 1. The molecule has 2 rings (SSSR count). The average molecular weight is 230 g/mol. The number of aryl methyl sites for hydroxylation is 1. The maximum Gasteiger partial charge on any atom is 0.0515 e. The zero-order valence-corrected chi connectivity index (χ0v) is 11.5. The van der Waals surface area contributed by atoms with Crippen LogP contribution in [0.5, 0.6) is 0 Å². The van der Waals surface area contributed by atoms with Crippen LogP contribution in [-0.4, -0.2) is 23.6 Å². The van der Waals surface area contributed by atoms with Crippen LogP contribution < -0.4 is 0 Å². The molecule has 0 amide bonds. The highest BCUT2D eigenvalue weighted by molar-refractivity contribution is 5.84. The van der Waals surface area contributed by atoms with Gasteiger partial charge in [-0.2, -0.15) is 0 Å².